The Labute approximate surface area is 145 Å². The number of aromatic nitrogens is 3. The Morgan fingerprint density at radius 2 is 2.20 bits per heavy atom. The topological polar surface area (TPSA) is 79.5 Å². The zero-order chi connectivity index (χ0) is 17.4. The lowest BCUT2D eigenvalue weighted by atomic mass is 9.79. The number of aryl methyl sites for hydroxylation is 2. The molecule has 2 aromatic heterocycles. The van der Waals surface area contributed by atoms with Crippen LogP contribution < -0.4 is 5.32 Å². The first-order chi connectivity index (χ1) is 12.1. The van der Waals surface area contributed by atoms with Gasteiger partial charge in [0.1, 0.15) is 11.2 Å². The molecule has 128 valence electrons. The molecule has 1 aliphatic rings. The minimum Gasteiger partial charge on any atom is -0.383 e. The van der Waals surface area contributed by atoms with Crippen molar-refractivity contribution in [1.82, 2.24) is 19.9 Å². The minimum absolute atomic E-state index is 0.173. The quantitative estimate of drug-likeness (QED) is 0.767. The molecule has 0 saturated heterocycles. The predicted octanol–water partition coefficient (Wildman–Crippen LogP) is 1.99. The van der Waals surface area contributed by atoms with Gasteiger partial charge in [0.2, 0.25) is 0 Å². The summed E-state index contributed by atoms with van der Waals surface area (Å²) in [5.41, 5.74) is 2.62. The van der Waals surface area contributed by atoms with Crippen LogP contribution in [0.15, 0.2) is 42.7 Å². The third-order valence-electron chi connectivity index (χ3n) is 4.89. The summed E-state index contributed by atoms with van der Waals surface area (Å²) in [4.78, 5) is 17.0. The Bertz CT molecular complexity index is 950. The number of fused-ring (bicyclic) bond motifs is 2. The molecule has 0 saturated carbocycles. The number of hydrogen-bond donors (Lipinski definition) is 2. The number of carbonyl (C=O) groups is 1. The Kier molecular flexibility index (Phi) is 3.77. The standard InChI is InChI=1S/C19H20N4O2/c1-13-16(17-20-10-5-11-23(17)22-13)18(24)21-12-19(25)9-4-7-14-6-2-3-8-15(14)19/h2-3,5-6,8,10-11,25H,4,7,9,12H2,1H3,(H,21,24). The highest BCUT2D eigenvalue weighted by Gasteiger charge is 2.34. The van der Waals surface area contributed by atoms with Crippen molar-refractivity contribution in [3.05, 3.63) is 65.1 Å². The molecule has 25 heavy (non-hydrogen) atoms. The van der Waals surface area contributed by atoms with Gasteiger partial charge < -0.3 is 10.4 Å². The summed E-state index contributed by atoms with van der Waals surface area (Å²) < 4.78 is 1.59. The summed E-state index contributed by atoms with van der Waals surface area (Å²) in [6.07, 6.45) is 5.90. The monoisotopic (exact) mass is 336 g/mol. The van der Waals surface area contributed by atoms with E-state index in [0.29, 0.717) is 23.3 Å². The summed E-state index contributed by atoms with van der Waals surface area (Å²) in [5, 5.41) is 18.3. The van der Waals surface area contributed by atoms with Crippen LogP contribution in [0, 0.1) is 6.92 Å². The van der Waals surface area contributed by atoms with E-state index in [0.717, 1.165) is 24.0 Å². The molecular formula is C19H20N4O2. The van der Waals surface area contributed by atoms with Crippen LogP contribution in [0.2, 0.25) is 0 Å². The second kappa shape index (κ2) is 5.97. The largest absolute Gasteiger partial charge is 0.383 e. The highest BCUT2D eigenvalue weighted by molar-refractivity contribution is 6.01. The van der Waals surface area contributed by atoms with Crippen LogP contribution in [0.4, 0.5) is 0 Å². The molecule has 4 rings (SSSR count). The summed E-state index contributed by atoms with van der Waals surface area (Å²) in [7, 11) is 0. The third-order valence-corrected chi connectivity index (χ3v) is 4.89. The van der Waals surface area contributed by atoms with Gasteiger partial charge in [-0.3, -0.25) is 4.79 Å². The number of amides is 1. The van der Waals surface area contributed by atoms with E-state index in [-0.39, 0.29) is 12.5 Å². The molecule has 0 fully saturated rings. The summed E-state index contributed by atoms with van der Waals surface area (Å²) in [6, 6.07) is 9.67. The number of benzene rings is 1. The van der Waals surface area contributed by atoms with Crippen LogP contribution >= 0.6 is 0 Å². The van der Waals surface area contributed by atoms with Gasteiger partial charge in [0.25, 0.3) is 5.91 Å². The SMILES string of the molecule is Cc1nn2cccnc2c1C(=O)NCC1(O)CCCc2ccccc21. The van der Waals surface area contributed by atoms with Gasteiger partial charge in [-0.05, 0) is 43.4 Å². The zero-order valence-corrected chi connectivity index (χ0v) is 14.1. The second-order valence-corrected chi connectivity index (χ2v) is 6.57. The Balaban J connectivity index is 1.59. The van der Waals surface area contributed by atoms with Crippen molar-refractivity contribution in [2.45, 2.75) is 31.8 Å². The molecule has 1 amide bonds. The number of aliphatic hydroxyl groups is 1. The maximum Gasteiger partial charge on any atom is 0.257 e. The number of nitrogens with zero attached hydrogens (tertiary/aromatic N) is 3. The van der Waals surface area contributed by atoms with Gasteiger partial charge in [-0.1, -0.05) is 24.3 Å². The highest BCUT2D eigenvalue weighted by atomic mass is 16.3. The van der Waals surface area contributed by atoms with E-state index < -0.39 is 5.60 Å². The smallest absolute Gasteiger partial charge is 0.257 e. The van der Waals surface area contributed by atoms with Crippen LogP contribution in [0.25, 0.3) is 5.65 Å². The van der Waals surface area contributed by atoms with Gasteiger partial charge in [0.05, 0.1) is 12.2 Å². The Morgan fingerprint density at radius 1 is 1.36 bits per heavy atom. The van der Waals surface area contributed by atoms with Crippen LogP contribution in [0.5, 0.6) is 0 Å². The van der Waals surface area contributed by atoms with Crippen molar-refractivity contribution in [2.75, 3.05) is 6.54 Å². The molecule has 1 aromatic carbocycles. The molecule has 6 heteroatoms. The first kappa shape index (κ1) is 15.8. The molecule has 0 aliphatic heterocycles. The van der Waals surface area contributed by atoms with Gasteiger partial charge >= 0.3 is 0 Å². The average molecular weight is 336 g/mol. The molecule has 2 heterocycles. The first-order valence-electron chi connectivity index (χ1n) is 8.47. The Hall–Kier alpha value is -2.73. The summed E-state index contributed by atoms with van der Waals surface area (Å²) in [6.45, 7) is 1.96. The van der Waals surface area contributed by atoms with Crippen LogP contribution in [0.1, 0.15) is 40.0 Å². The highest BCUT2D eigenvalue weighted by Crippen LogP contribution is 2.34. The van der Waals surface area contributed by atoms with E-state index in [9.17, 15) is 9.90 Å². The molecule has 0 bridgehead atoms. The van der Waals surface area contributed by atoms with Gasteiger partial charge in [0.15, 0.2) is 5.65 Å². The van der Waals surface area contributed by atoms with E-state index in [1.54, 1.807) is 29.9 Å². The molecule has 0 spiro atoms. The lowest BCUT2D eigenvalue weighted by molar-refractivity contribution is 0.0189. The molecule has 1 aliphatic carbocycles. The minimum atomic E-state index is -1.03. The van der Waals surface area contributed by atoms with E-state index >= 15 is 0 Å². The van der Waals surface area contributed by atoms with E-state index in [1.807, 2.05) is 24.3 Å². The van der Waals surface area contributed by atoms with Crippen LogP contribution in [-0.4, -0.2) is 32.2 Å². The molecular weight excluding hydrogens is 316 g/mol. The van der Waals surface area contributed by atoms with Gasteiger partial charge in [-0.2, -0.15) is 5.10 Å². The third kappa shape index (κ3) is 2.68. The fraction of sp³-hybridized carbons (Fsp3) is 0.316. The molecule has 1 atom stereocenters. The number of nitrogens with one attached hydrogen (secondary N) is 1. The summed E-state index contributed by atoms with van der Waals surface area (Å²) >= 11 is 0. The molecule has 0 radical (unpaired) electrons. The number of hydrogen-bond acceptors (Lipinski definition) is 4. The van der Waals surface area contributed by atoms with E-state index in [4.69, 9.17) is 0 Å². The van der Waals surface area contributed by atoms with Crippen molar-refractivity contribution in [3.8, 4) is 0 Å². The van der Waals surface area contributed by atoms with Crippen LogP contribution in [0.3, 0.4) is 0 Å². The summed E-state index contributed by atoms with van der Waals surface area (Å²) in [5.74, 6) is -0.261. The molecule has 3 aromatic rings. The van der Waals surface area contributed by atoms with Gasteiger partial charge in [0, 0.05) is 12.4 Å². The lowest BCUT2D eigenvalue weighted by Crippen LogP contribution is -2.43. The zero-order valence-electron chi connectivity index (χ0n) is 14.1. The second-order valence-electron chi connectivity index (χ2n) is 6.57. The van der Waals surface area contributed by atoms with E-state index in [1.165, 1.54) is 0 Å². The van der Waals surface area contributed by atoms with Crippen molar-refractivity contribution >= 4 is 11.6 Å². The maximum absolute atomic E-state index is 12.7. The fourth-order valence-corrected chi connectivity index (χ4v) is 3.66. The fourth-order valence-electron chi connectivity index (χ4n) is 3.66. The maximum atomic E-state index is 12.7. The number of carbonyl (C=O) groups excluding carboxylic acids is 1. The normalized spacial score (nSPS) is 19.6. The van der Waals surface area contributed by atoms with Crippen LogP contribution in [-0.2, 0) is 12.0 Å². The van der Waals surface area contributed by atoms with Gasteiger partial charge in [-0.25, -0.2) is 9.50 Å². The van der Waals surface area contributed by atoms with Crippen molar-refractivity contribution in [1.29, 1.82) is 0 Å². The first-order valence-corrected chi connectivity index (χ1v) is 8.47. The lowest BCUT2D eigenvalue weighted by Gasteiger charge is -2.34. The van der Waals surface area contributed by atoms with Gasteiger partial charge in [-0.15, -0.1) is 0 Å². The van der Waals surface area contributed by atoms with Crippen molar-refractivity contribution in [3.63, 3.8) is 0 Å². The Morgan fingerprint density at radius 3 is 3.08 bits per heavy atom. The van der Waals surface area contributed by atoms with Crippen molar-refractivity contribution in [2.24, 2.45) is 0 Å². The number of rotatable bonds is 3. The average Bonchev–Trinajstić information content (AvgIpc) is 2.96. The van der Waals surface area contributed by atoms with E-state index in [2.05, 4.69) is 15.4 Å². The molecule has 1 unspecified atom stereocenters. The molecule has 6 nitrogen and oxygen atoms in total. The predicted molar refractivity (Wildman–Crippen MR) is 93.3 cm³/mol. The molecule has 2 N–H and O–H groups in total. The van der Waals surface area contributed by atoms with Crippen molar-refractivity contribution < 1.29 is 9.90 Å².